The number of nitrogens with one attached hydrogen (secondary N) is 3. The summed E-state index contributed by atoms with van der Waals surface area (Å²) in [5, 5.41) is 20.6. The predicted molar refractivity (Wildman–Crippen MR) is 240 cm³/mol. The lowest BCUT2D eigenvalue weighted by atomic mass is 10.0. The highest BCUT2D eigenvalue weighted by atomic mass is 16.5. The highest BCUT2D eigenvalue weighted by Crippen LogP contribution is 2.35. The Morgan fingerprint density at radius 1 is 0.467 bits per heavy atom. The van der Waals surface area contributed by atoms with Crippen molar-refractivity contribution >= 4 is 39.6 Å². The fourth-order valence-electron chi connectivity index (χ4n) is 6.36. The second kappa shape index (κ2) is 18.3. The minimum Gasteiger partial charge on any atom is -0.438 e. The third kappa shape index (κ3) is 9.09. The number of ether oxygens (including phenoxy) is 2. The number of benzene rings is 4. The Morgan fingerprint density at radius 3 is 1.57 bits per heavy atom. The van der Waals surface area contributed by atoms with Gasteiger partial charge in [-0.25, -0.2) is 19.9 Å². The van der Waals surface area contributed by atoms with Crippen LogP contribution in [0.2, 0.25) is 0 Å². The van der Waals surface area contributed by atoms with Gasteiger partial charge < -0.3 is 31.2 Å². The molecule has 5 aromatic heterocycles. The summed E-state index contributed by atoms with van der Waals surface area (Å²) in [6.07, 6.45) is 6.94. The van der Waals surface area contributed by atoms with Crippen LogP contribution in [-0.4, -0.2) is 44.2 Å². The van der Waals surface area contributed by atoms with Gasteiger partial charge in [-0.05, 0) is 108 Å². The van der Waals surface area contributed by atoms with Crippen LogP contribution in [0.15, 0.2) is 176 Å². The Labute approximate surface area is 347 Å². The molecule has 0 saturated carbocycles. The molecule has 0 aliphatic heterocycles. The molecule has 9 rings (SSSR count). The number of anilines is 5. The maximum atomic E-state index is 6.17. The zero-order chi connectivity index (χ0) is 41.1. The Bertz CT molecular complexity index is 2840. The van der Waals surface area contributed by atoms with Gasteiger partial charge in [0.1, 0.15) is 28.8 Å². The van der Waals surface area contributed by atoms with Crippen molar-refractivity contribution in [3.8, 4) is 56.8 Å². The van der Waals surface area contributed by atoms with Crippen molar-refractivity contribution in [3.63, 3.8) is 0 Å². The summed E-state index contributed by atoms with van der Waals surface area (Å²) in [4.78, 5) is 17.3. The number of aromatic nitrogens is 6. The van der Waals surface area contributed by atoms with Crippen molar-refractivity contribution in [2.45, 2.75) is 0 Å². The van der Waals surface area contributed by atoms with E-state index < -0.39 is 0 Å². The van der Waals surface area contributed by atoms with Gasteiger partial charge in [0, 0.05) is 77.7 Å². The van der Waals surface area contributed by atoms with Crippen LogP contribution in [0.3, 0.4) is 0 Å². The topological polar surface area (TPSA) is 158 Å². The minimum absolute atomic E-state index is 0.523. The van der Waals surface area contributed by atoms with Crippen molar-refractivity contribution in [2.24, 2.45) is 0 Å². The van der Waals surface area contributed by atoms with Crippen LogP contribution in [0.4, 0.5) is 28.8 Å². The molecule has 0 spiro atoms. The van der Waals surface area contributed by atoms with Crippen LogP contribution in [0, 0.1) is 0 Å². The monoisotopic (exact) mass is 788 g/mol. The quantitative estimate of drug-likeness (QED) is 0.0921. The maximum Gasteiger partial charge on any atom is 0.227 e. The van der Waals surface area contributed by atoms with Crippen molar-refractivity contribution in [1.29, 1.82) is 0 Å². The number of hydrogen-bond acceptors (Lipinski definition) is 12. The molecule has 5 N–H and O–H groups in total. The number of hydrogen-bond donors (Lipinski definition) is 4. The van der Waals surface area contributed by atoms with Crippen LogP contribution in [0.1, 0.15) is 0 Å². The summed E-state index contributed by atoms with van der Waals surface area (Å²) in [5.41, 5.74) is 12.9. The first-order valence-electron chi connectivity index (χ1n) is 19.1. The summed E-state index contributed by atoms with van der Waals surface area (Å²) in [6, 6.07) is 48.7. The minimum atomic E-state index is 0.523. The molecule has 0 saturated heterocycles. The van der Waals surface area contributed by atoms with Crippen LogP contribution in [-0.2, 0) is 0 Å². The number of nitrogens with two attached hydrogens (primary N) is 1. The Hall–Kier alpha value is -8.38. The second-order valence-corrected chi connectivity index (χ2v) is 13.3. The van der Waals surface area contributed by atoms with Crippen LogP contribution in [0.5, 0.6) is 23.3 Å². The molecule has 12 heteroatoms. The van der Waals surface area contributed by atoms with E-state index in [0.717, 1.165) is 61.6 Å². The van der Waals surface area contributed by atoms with Gasteiger partial charge in [-0.2, -0.15) is 0 Å². The van der Waals surface area contributed by atoms with Gasteiger partial charge in [0.25, 0.3) is 0 Å². The third-order valence-electron chi connectivity index (χ3n) is 9.36. The molecule has 0 fully saturated rings. The molecular weight excluding hydrogens is 749 g/mol. The average molecular weight is 789 g/mol. The zero-order valence-corrected chi connectivity index (χ0v) is 32.8. The molecule has 0 aliphatic carbocycles. The molecule has 0 radical (unpaired) electrons. The highest BCUT2D eigenvalue weighted by molar-refractivity contribution is 6.00. The van der Waals surface area contributed by atoms with E-state index >= 15 is 0 Å². The Balaban J connectivity index is 0.000000193. The molecule has 4 aromatic carbocycles. The van der Waals surface area contributed by atoms with Gasteiger partial charge in [0.15, 0.2) is 5.82 Å². The van der Waals surface area contributed by atoms with Crippen LogP contribution >= 0.6 is 0 Å². The first-order chi connectivity index (χ1) is 29.5. The van der Waals surface area contributed by atoms with Crippen molar-refractivity contribution in [1.82, 2.24) is 30.1 Å². The van der Waals surface area contributed by atoms with Crippen LogP contribution < -0.4 is 31.2 Å². The van der Waals surface area contributed by atoms with E-state index in [4.69, 9.17) is 15.2 Å². The van der Waals surface area contributed by atoms with E-state index in [9.17, 15) is 0 Å². The maximum absolute atomic E-state index is 6.17. The normalized spacial score (nSPS) is 10.6. The first-order valence-corrected chi connectivity index (χ1v) is 19.1. The van der Waals surface area contributed by atoms with E-state index in [1.807, 2.05) is 141 Å². The van der Waals surface area contributed by atoms with E-state index in [-0.39, 0.29) is 0 Å². The molecule has 294 valence electrons. The zero-order valence-electron chi connectivity index (χ0n) is 32.8. The van der Waals surface area contributed by atoms with Gasteiger partial charge in [-0.15, -0.1) is 10.2 Å². The van der Waals surface area contributed by atoms with E-state index in [1.54, 1.807) is 36.9 Å². The Morgan fingerprint density at radius 2 is 1.00 bits per heavy atom. The fraction of sp³-hybridized carbons (Fsp3) is 0.0417. The molecule has 60 heavy (non-hydrogen) atoms. The second-order valence-electron chi connectivity index (χ2n) is 13.3. The van der Waals surface area contributed by atoms with Gasteiger partial charge in [0.2, 0.25) is 11.8 Å². The number of pyridine rings is 4. The van der Waals surface area contributed by atoms with E-state index in [1.165, 1.54) is 0 Å². The van der Waals surface area contributed by atoms with Gasteiger partial charge in [-0.3, -0.25) is 0 Å². The standard InChI is InChI=1S/C31H24N6O.C17H16N4O/c1-32-28-20-22(17-19-33-28)25-12-7-18-34-31(25)38-24-15-13-23(14-16-24)35-30-27-11-6-5-10-26(27)29(36-37-30)21-8-3-2-4-9-21;1-19-16-11-12(8-10-20-16)15-3-2-9-21-17(15)22-14-6-4-13(18)5-7-14/h2-20H,1H3,(H,32,33)(H,35,37);2-11H,18H2,1H3,(H,19,20). The van der Waals surface area contributed by atoms with Crippen molar-refractivity contribution < 1.29 is 9.47 Å². The summed E-state index contributed by atoms with van der Waals surface area (Å²) in [7, 11) is 3.68. The van der Waals surface area contributed by atoms with Gasteiger partial charge in [-0.1, -0.05) is 54.6 Å². The smallest absolute Gasteiger partial charge is 0.227 e. The average Bonchev–Trinajstić information content (AvgIpc) is 3.31. The van der Waals surface area contributed by atoms with Crippen molar-refractivity contribution in [3.05, 3.63) is 176 Å². The summed E-state index contributed by atoms with van der Waals surface area (Å²) < 4.78 is 12.1. The third-order valence-corrected chi connectivity index (χ3v) is 9.36. The molecule has 0 aliphatic rings. The van der Waals surface area contributed by atoms with Crippen molar-refractivity contribution in [2.75, 3.05) is 35.8 Å². The van der Waals surface area contributed by atoms with E-state index in [2.05, 4.69) is 58.2 Å². The summed E-state index contributed by atoms with van der Waals surface area (Å²) >= 11 is 0. The molecule has 9 aromatic rings. The molecule has 5 heterocycles. The van der Waals surface area contributed by atoms with Crippen LogP contribution in [0.25, 0.3) is 44.3 Å². The summed E-state index contributed by atoms with van der Waals surface area (Å²) in [6.45, 7) is 0. The van der Waals surface area contributed by atoms with Gasteiger partial charge >= 0.3 is 0 Å². The lowest BCUT2D eigenvalue weighted by Crippen LogP contribution is -1.99. The SMILES string of the molecule is CNc1cc(-c2cccnc2Oc2ccc(N)cc2)ccn1.CNc1cc(-c2cccnc2Oc2ccc(Nc3nnc(-c4ccccc4)c4ccccc34)cc2)ccn1. The number of nitrogen functional groups attached to an aromatic ring is 1. The van der Waals surface area contributed by atoms with E-state index in [0.29, 0.717) is 34.8 Å². The molecule has 0 atom stereocenters. The largest absolute Gasteiger partial charge is 0.438 e. The molecule has 0 unspecified atom stereocenters. The lowest BCUT2D eigenvalue weighted by Gasteiger charge is -2.13. The first kappa shape index (κ1) is 38.5. The molecule has 12 nitrogen and oxygen atoms in total. The number of fused-ring (bicyclic) bond motifs is 1. The fourth-order valence-corrected chi connectivity index (χ4v) is 6.36. The lowest BCUT2D eigenvalue weighted by molar-refractivity contribution is 0.465. The highest BCUT2D eigenvalue weighted by Gasteiger charge is 2.13. The molecular formula is C48H40N10O2. The van der Waals surface area contributed by atoms with Gasteiger partial charge in [0.05, 0.1) is 0 Å². The number of nitrogens with zero attached hydrogens (tertiary/aromatic N) is 6. The summed E-state index contributed by atoms with van der Waals surface area (Å²) in [5.74, 6) is 4.69. The number of rotatable bonds is 11. The predicted octanol–water partition coefficient (Wildman–Crippen LogP) is 10.9. The molecule has 0 bridgehead atoms. The Kier molecular flexibility index (Phi) is 11.7. The molecule has 0 amide bonds.